The molecule has 124 valence electrons. The lowest BCUT2D eigenvalue weighted by Gasteiger charge is -2.06. The van der Waals surface area contributed by atoms with Gasteiger partial charge in [-0.3, -0.25) is 4.72 Å². The molecule has 1 aromatic carbocycles. The molecule has 1 aliphatic carbocycles. The SMILES string of the molecule is O=S(=O)(Nc1cccc(Cl)c1)c1ccc(-c2cnc(C3CC3)o2)s1. The van der Waals surface area contributed by atoms with Crippen molar-refractivity contribution >= 4 is 38.6 Å². The van der Waals surface area contributed by atoms with E-state index in [9.17, 15) is 8.42 Å². The molecule has 24 heavy (non-hydrogen) atoms. The summed E-state index contributed by atoms with van der Waals surface area (Å²) >= 11 is 7.03. The molecule has 5 nitrogen and oxygen atoms in total. The number of rotatable bonds is 5. The summed E-state index contributed by atoms with van der Waals surface area (Å²) in [6.07, 6.45) is 3.86. The molecule has 8 heteroatoms. The number of halogens is 1. The van der Waals surface area contributed by atoms with Crippen molar-refractivity contribution in [2.45, 2.75) is 23.0 Å². The Labute approximate surface area is 148 Å². The Hall–Kier alpha value is -1.83. The highest BCUT2D eigenvalue weighted by molar-refractivity contribution is 7.94. The van der Waals surface area contributed by atoms with E-state index in [1.807, 2.05) is 0 Å². The van der Waals surface area contributed by atoms with Crippen molar-refractivity contribution in [2.24, 2.45) is 0 Å². The summed E-state index contributed by atoms with van der Waals surface area (Å²) in [6, 6.07) is 9.88. The minimum absolute atomic E-state index is 0.210. The van der Waals surface area contributed by atoms with Gasteiger partial charge in [-0.05, 0) is 43.2 Å². The molecule has 1 fully saturated rings. The molecule has 0 bridgehead atoms. The maximum Gasteiger partial charge on any atom is 0.271 e. The van der Waals surface area contributed by atoms with Crippen LogP contribution in [0.5, 0.6) is 0 Å². The topological polar surface area (TPSA) is 72.2 Å². The van der Waals surface area contributed by atoms with Crippen LogP contribution in [0.3, 0.4) is 0 Å². The zero-order valence-electron chi connectivity index (χ0n) is 12.4. The molecule has 1 aliphatic rings. The molecule has 0 saturated heterocycles. The summed E-state index contributed by atoms with van der Waals surface area (Å²) < 4.78 is 33.4. The number of nitrogens with one attached hydrogen (secondary N) is 1. The zero-order valence-corrected chi connectivity index (χ0v) is 14.8. The van der Waals surface area contributed by atoms with Gasteiger partial charge in [-0.1, -0.05) is 17.7 Å². The van der Waals surface area contributed by atoms with Crippen molar-refractivity contribution in [1.29, 1.82) is 0 Å². The molecule has 0 spiro atoms. The molecule has 2 aromatic heterocycles. The molecule has 2 heterocycles. The van der Waals surface area contributed by atoms with Gasteiger partial charge in [-0.25, -0.2) is 13.4 Å². The molecular weight excluding hydrogens is 368 g/mol. The number of anilines is 1. The predicted octanol–water partition coefficient (Wildman–Crippen LogP) is 4.73. The second kappa shape index (κ2) is 5.91. The van der Waals surface area contributed by atoms with E-state index in [1.54, 1.807) is 42.6 Å². The number of hydrogen-bond donors (Lipinski definition) is 1. The molecule has 4 rings (SSSR count). The number of hydrogen-bond acceptors (Lipinski definition) is 5. The first-order chi connectivity index (χ1) is 11.5. The summed E-state index contributed by atoms with van der Waals surface area (Å²) in [7, 11) is -3.67. The molecule has 0 atom stereocenters. The van der Waals surface area contributed by atoms with E-state index < -0.39 is 10.0 Å². The average Bonchev–Trinajstić information content (AvgIpc) is 3.07. The smallest absolute Gasteiger partial charge is 0.271 e. The summed E-state index contributed by atoms with van der Waals surface area (Å²) in [5.41, 5.74) is 0.424. The number of oxazole rings is 1. The Kier molecular flexibility index (Phi) is 3.86. The fourth-order valence-electron chi connectivity index (χ4n) is 2.27. The van der Waals surface area contributed by atoms with Crippen molar-refractivity contribution in [3.05, 3.63) is 53.5 Å². The number of benzene rings is 1. The summed E-state index contributed by atoms with van der Waals surface area (Å²) in [6.45, 7) is 0. The van der Waals surface area contributed by atoms with Crippen LogP contribution in [0.1, 0.15) is 24.7 Å². The van der Waals surface area contributed by atoms with Crippen LogP contribution in [-0.4, -0.2) is 13.4 Å². The second-order valence-corrected chi connectivity index (χ2v) is 9.00. The van der Waals surface area contributed by atoms with Crippen molar-refractivity contribution in [3.63, 3.8) is 0 Å². The first-order valence-corrected chi connectivity index (χ1v) is 10.0. The van der Waals surface area contributed by atoms with Gasteiger partial charge in [0.15, 0.2) is 11.7 Å². The molecular formula is C16H13ClN2O3S2. The first kappa shape index (κ1) is 15.7. The van der Waals surface area contributed by atoms with Crippen LogP contribution < -0.4 is 4.72 Å². The Morgan fingerprint density at radius 2 is 2.08 bits per heavy atom. The Morgan fingerprint density at radius 3 is 2.83 bits per heavy atom. The lowest BCUT2D eigenvalue weighted by Crippen LogP contribution is -2.11. The highest BCUT2D eigenvalue weighted by atomic mass is 35.5. The van der Waals surface area contributed by atoms with Gasteiger partial charge in [-0.2, -0.15) is 0 Å². The molecule has 1 N–H and O–H groups in total. The molecule has 0 radical (unpaired) electrons. The van der Waals surface area contributed by atoms with Gasteiger partial charge in [-0.15, -0.1) is 11.3 Å². The molecule has 0 unspecified atom stereocenters. The molecule has 1 saturated carbocycles. The van der Waals surface area contributed by atoms with E-state index in [-0.39, 0.29) is 4.21 Å². The van der Waals surface area contributed by atoms with Crippen LogP contribution in [0.4, 0.5) is 5.69 Å². The highest BCUT2D eigenvalue weighted by Crippen LogP contribution is 2.41. The summed E-state index contributed by atoms with van der Waals surface area (Å²) in [5, 5.41) is 0.469. The lowest BCUT2D eigenvalue weighted by atomic mass is 10.3. The third-order valence-corrected chi connectivity index (χ3v) is 6.82. The van der Waals surface area contributed by atoms with Gasteiger partial charge < -0.3 is 4.42 Å². The minimum Gasteiger partial charge on any atom is -0.440 e. The number of sulfonamides is 1. The predicted molar refractivity (Wildman–Crippen MR) is 94.1 cm³/mol. The third-order valence-electron chi connectivity index (χ3n) is 3.62. The van der Waals surface area contributed by atoms with E-state index in [0.29, 0.717) is 22.4 Å². The van der Waals surface area contributed by atoms with Gasteiger partial charge in [0.05, 0.1) is 16.8 Å². The minimum atomic E-state index is -3.67. The molecule has 0 aliphatic heterocycles. The van der Waals surface area contributed by atoms with Crippen LogP contribution in [0.2, 0.25) is 5.02 Å². The van der Waals surface area contributed by atoms with Gasteiger partial charge in [0.2, 0.25) is 0 Å². The van der Waals surface area contributed by atoms with E-state index in [0.717, 1.165) is 34.9 Å². The average molecular weight is 381 g/mol. The standard InChI is InChI=1S/C16H13ClN2O3S2/c17-11-2-1-3-12(8-11)19-24(20,21)15-7-6-14(23-15)13-9-18-16(22-13)10-4-5-10/h1-3,6-10,19H,4-5H2. The fraction of sp³-hybridized carbons (Fsp3) is 0.188. The quantitative estimate of drug-likeness (QED) is 0.694. The van der Waals surface area contributed by atoms with Gasteiger partial charge >= 0.3 is 0 Å². The first-order valence-electron chi connectivity index (χ1n) is 7.35. The van der Waals surface area contributed by atoms with E-state index in [1.165, 1.54) is 0 Å². The van der Waals surface area contributed by atoms with Crippen LogP contribution in [0.15, 0.2) is 51.2 Å². The van der Waals surface area contributed by atoms with Crippen LogP contribution in [-0.2, 0) is 10.0 Å². The van der Waals surface area contributed by atoms with Crippen molar-refractivity contribution in [3.8, 4) is 10.6 Å². The van der Waals surface area contributed by atoms with Crippen molar-refractivity contribution < 1.29 is 12.8 Å². The van der Waals surface area contributed by atoms with Crippen molar-refractivity contribution in [2.75, 3.05) is 4.72 Å². The van der Waals surface area contributed by atoms with Crippen molar-refractivity contribution in [1.82, 2.24) is 4.98 Å². The zero-order chi connectivity index (χ0) is 16.7. The second-order valence-electron chi connectivity index (χ2n) is 5.57. The Morgan fingerprint density at radius 1 is 1.25 bits per heavy atom. The van der Waals surface area contributed by atoms with Gasteiger partial charge in [0.1, 0.15) is 4.21 Å². The Balaban J connectivity index is 1.58. The molecule has 0 amide bonds. The summed E-state index contributed by atoms with van der Waals surface area (Å²) in [5.74, 6) is 1.76. The maximum atomic E-state index is 12.5. The lowest BCUT2D eigenvalue weighted by molar-refractivity contribution is 0.510. The third kappa shape index (κ3) is 3.19. The van der Waals surface area contributed by atoms with Crippen LogP contribution in [0.25, 0.3) is 10.6 Å². The highest BCUT2D eigenvalue weighted by Gasteiger charge is 2.29. The fourth-order valence-corrected chi connectivity index (χ4v) is 4.77. The number of aromatic nitrogens is 1. The van der Waals surface area contributed by atoms with Crippen LogP contribution in [0, 0.1) is 0 Å². The van der Waals surface area contributed by atoms with Gasteiger partial charge in [0.25, 0.3) is 10.0 Å². The number of nitrogens with zero attached hydrogens (tertiary/aromatic N) is 1. The van der Waals surface area contributed by atoms with Crippen LogP contribution >= 0.6 is 22.9 Å². The monoisotopic (exact) mass is 380 g/mol. The number of thiophene rings is 1. The molecule has 3 aromatic rings. The largest absolute Gasteiger partial charge is 0.440 e. The van der Waals surface area contributed by atoms with E-state index in [4.69, 9.17) is 16.0 Å². The van der Waals surface area contributed by atoms with E-state index >= 15 is 0 Å². The summed E-state index contributed by atoms with van der Waals surface area (Å²) in [4.78, 5) is 5.00. The normalized spacial score (nSPS) is 14.7. The maximum absolute atomic E-state index is 12.5. The Bertz CT molecular complexity index is 990. The van der Waals surface area contributed by atoms with E-state index in [2.05, 4.69) is 9.71 Å². The van der Waals surface area contributed by atoms with Gasteiger partial charge in [0, 0.05) is 10.9 Å².